The van der Waals surface area contributed by atoms with Crippen LogP contribution >= 0.6 is 12.4 Å². The molecule has 1 aliphatic carbocycles. The zero-order valence-electron chi connectivity index (χ0n) is 10.8. The fourth-order valence-electron chi connectivity index (χ4n) is 2.35. The number of halogens is 1. The highest BCUT2D eigenvalue weighted by atomic mass is 35.5. The summed E-state index contributed by atoms with van der Waals surface area (Å²) in [5, 5.41) is 0. The summed E-state index contributed by atoms with van der Waals surface area (Å²) in [6, 6.07) is 8.41. The van der Waals surface area contributed by atoms with Crippen molar-refractivity contribution in [1.82, 2.24) is 4.72 Å². The van der Waals surface area contributed by atoms with Crippen LogP contribution < -0.4 is 10.5 Å². The Labute approximate surface area is 121 Å². The van der Waals surface area contributed by atoms with Gasteiger partial charge >= 0.3 is 0 Å². The lowest BCUT2D eigenvalue weighted by Crippen LogP contribution is -2.51. The number of hydrogen-bond donors (Lipinski definition) is 2. The monoisotopic (exact) mass is 304 g/mol. The molecule has 0 bridgehead atoms. The number of benzene rings is 1. The van der Waals surface area contributed by atoms with Crippen molar-refractivity contribution in [2.24, 2.45) is 5.73 Å². The molecule has 6 heteroatoms. The number of nitrogens with one attached hydrogen (secondary N) is 1. The fourth-order valence-corrected chi connectivity index (χ4v) is 3.51. The van der Waals surface area contributed by atoms with Crippen molar-refractivity contribution >= 4 is 22.4 Å². The van der Waals surface area contributed by atoms with E-state index in [1.54, 1.807) is 30.3 Å². The molecule has 1 aromatic rings. The summed E-state index contributed by atoms with van der Waals surface area (Å²) in [4.78, 5) is 0.296. The van der Waals surface area contributed by atoms with E-state index in [9.17, 15) is 8.42 Å². The number of sulfonamides is 1. The van der Waals surface area contributed by atoms with Gasteiger partial charge in [0.2, 0.25) is 10.0 Å². The normalized spacial score (nSPS) is 18.6. The highest BCUT2D eigenvalue weighted by Gasteiger charge is 2.29. The summed E-state index contributed by atoms with van der Waals surface area (Å²) in [6.07, 6.45) is 5.16. The highest BCUT2D eigenvalue weighted by molar-refractivity contribution is 7.89. The molecule has 0 heterocycles. The van der Waals surface area contributed by atoms with Gasteiger partial charge < -0.3 is 5.73 Å². The molecule has 0 atom stereocenters. The molecule has 2 rings (SSSR count). The van der Waals surface area contributed by atoms with Gasteiger partial charge in [-0.05, 0) is 25.0 Å². The molecule has 1 fully saturated rings. The Morgan fingerprint density at radius 1 is 1.11 bits per heavy atom. The van der Waals surface area contributed by atoms with Crippen molar-refractivity contribution in [3.8, 4) is 0 Å². The van der Waals surface area contributed by atoms with Crippen molar-refractivity contribution in [3.05, 3.63) is 30.3 Å². The molecule has 0 saturated heterocycles. The predicted molar refractivity (Wildman–Crippen MR) is 78.9 cm³/mol. The Kier molecular flexibility index (Phi) is 5.80. The smallest absolute Gasteiger partial charge is 0.240 e. The number of rotatable bonds is 4. The first kappa shape index (κ1) is 16.4. The van der Waals surface area contributed by atoms with E-state index >= 15 is 0 Å². The van der Waals surface area contributed by atoms with Gasteiger partial charge in [-0.25, -0.2) is 13.1 Å². The molecule has 19 heavy (non-hydrogen) atoms. The molecule has 1 aliphatic rings. The average Bonchev–Trinajstić information content (AvgIpc) is 2.39. The molecule has 0 spiro atoms. The van der Waals surface area contributed by atoms with Crippen LogP contribution in [0.2, 0.25) is 0 Å². The van der Waals surface area contributed by atoms with Gasteiger partial charge in [0.15, 0.2) is 0 Å². The minimum Gasteiger partial charge on any atom is -0.324 e. The van der Waals surface area contributed by atoms with Crippen molar-refractivity contribution in [2.45, 2.75) is 42.5 Å². The molecule has 0 amide bonds. The molecule has 1 saturated carbocycles. The molecule has 4 nitrogen and oxygen atoms in total. The Morgan fingerprint density at radius 3 is 2.26 bits per heavy atom. The Morgan fingerprint density at radius 2 is 1.68 bits per heavy atom. The van der Waals surface area contributed by atoms with Gasteiger partial charge in [0.05, 0.1) is 4.90 Å². The first-order valence-corrected chi connectivity index (χ1v) is 7.84. The van der Waals surface area contributed by atoms with Crippen LogP contribution in [-0.4, -0.2) is 20.5 Å². The van der Waals surface area contributed by atoms with Gasteiger partial charge in [-0.15, -0.1) is 12.4 Å². The second-order valence-electron chi connectivity index (χ2n) is 5.06. The van der Waals surface area contributed by atoms with E-state index in [4.69, 9.17) is 5.73 Å². The quantitative estimate of drug-likeness (QED) is 0.894. The standard InChI is InChI=1S/C13H20N2O2S.ClH/c14-13(9-5-2-6-10-13)11-15-18(16,17)12-7-3-1-4-8-12;/h1,3-4,7-8,15H,2,5-6,9-11,14H2;1H. The maximum atomic E-state index is 12.1. The number of nitrogens with two attached hydrogens (primary N) is 1. The third kappa shape index (κ3) is 4.45. The maximum absolute atomic E-state index is 12.1. The molecule has 1 aromatic carbocycles. The van der Waals surface area contributed by atoms with Crippen LogP contribution in [-0.2, 0) is 10.0 Å². The third-order valence-electron chi connectivity index (χ3n) is 3.52. The summed E-state index contributed by atoms with van der Waals surface area (Å²) in [6.45, 7) is 0.324. The lowest BCUT2D eigenvalue weighted by atomic mass is 9.83. The minimum absolute atomic E-state index is 0. The minimum atomic E-state index is -3.43. The van der Waals surface area contributed by atoms with E-state index in [2.05, 4.69) is 4.72 Å². The van der Waals surface area contributed by atoms with Gasteiger partial charge in [0, 0.05) is 12.1 Å². The van der Waals surface area contributed by atoms with Crippen LogP contribution in [0.15, 0.2) is 35.2 Å². The van der Waals surface area contributed by atoms with Crippen LogP contribution in [0.5, 0.6) is 0 Å². The van der Waals surface area contributed by atoms with Crippen LogP contribution in [0, 0.1) is 0 Å². The summed E-state index contributed by atoms with van der Waals surface area (Å²) < 4.78 is 26.7. The van der Waals surface area contributed by atoms with Gasteiger partial charge in [-0.2, -0.15) is 0 Å². The van der Waals surface area contributed by atoms with Gasteiger partial charge in [-0.1, -0.05) is 37.5 Å². The highest BCUT2D eigenvalue weighted by Crippen LogP contribution is 2.25. The second kappa shape index (κ2) is 6.70. The Balaban J connectivity index is 0.00000180. The third-order valence-corrected chi connectivity index (χ3v) is 4.93. The summed E-state index contributed by atoms with van der Waals surface area (Å²) >= 11 is 0. The Bertz CT molecular complexity index is 485. The van der Waals surface area contributed by atoms with E-state index in [1.165, 1.54) is 6.42 Å². The largest absolute Gasteiger partial charge is 0.324 e. The lowest BCUT2D eigenvalue weighted by molar-refractivity contribution is 0.296. The van der Waals surface area contributed by atoms with Crippen LogP contribution in [0.3, 0.4) is 0 Å². The average molecular weight is 305 g/mol. The molecular formula is C13H21ClN2O2S. The maximum Gasteiger partial charge on any atom is 0.240 e. The van der Waals surface area contributed by atoms with Gasteiger partial charge in [0.1, 0.15) is 0 Å². The molecule has 0 radical (unpaired) electrons. The van der Waals surface area contributed by atoms with E-state index in [0.29, 0.717) is 11.4 Å². The zero-order chi connectivity index (χ0) is 13.1. The van der Waals surface area contributed by atoms with Crippen molar-refractivity contribution in [3.63, 3.8) is 0 Å². The van der Waals surface area contributed by atoms with Crippen molar-refractivity contribution < 1.29 is 8.42 Å². The first-order valence-electron chi connectivity index (χ1n) is 6.36. The molecule has 3 N–H and O–H groups in total. The van der Waals surface area contributed by atoms with E-state index in [1.807, 2.05) is 0 Å². The Hall–Kier alpha value is -0.620. The molecule has 0 aromatic heterocycles. The van der Waals surface area contributed by atoms with E-state index < -0.39 is 10.0 Å². The van der Waals surface area contributed by atoms with Crippen LogP contribution in [0.4, 0.5) is 0 Å². The summed E-state index contributed by atoms with van der Waals surface area (Å²) in [5.41, 5.74) is 5.84. The van der Waals surface area contributed by atoms with E-state index in [-0.39, 0.29) is 17.9 Å². The van der Waals surface area contributed by atoms with Crippen LogP contribution in [0.25, 0.3) is 0 Å². The lowest BCUT2D eigenvalue weighted by Gasteiger charge is -2.33. The SMILES string of the molecule is Cl.NC1(CNS(=O)(=O)c2ccccc2)CCCCC1. The number of hydrogen-bond acceptors (Lipinski definition) is 3. The molecule has 108 valence electrons. The fraction of sp³-hybridized carbons (Fsp3) is 0.538. The zero-order valence-corrected chi connectivity index (χ0v) is 12.5. The molecule has 0 aliphatic heterocycles. The first-order chi connectivity index (χ1) is 8.52. The van der Waals surface area contributed by atoms with Crippen LogP contribution in [0.1, 0.15) is 32.1 Å². The van der Waals surface area contributed by atoms with E-state index in [0.717, 1.165) is 25.7 Å². The molecular weight excluding hydrogens is 284 g/mol. The molecule has 0 unspecified atom stereocenters. The van der Waals surface area contributed by atoms with Gasteiger partial charge in [0.25, 0.3) is 0 Å². The summed E-state index contributed by atoms with van der Waals surface area (Å²) in [7, 11) is -3.43. The topological polar surface area (TPSA) is 72.2 Å². The van der Waals surface area contributed by atoms with Crippen molar-refractivity contribution in [2.75, 3.05) is 6.54 Å². The predicted octanol–water partition coefficient (Wildman–Crippen LogP) is 2.05. The van der Waals surface area contributed by atoms with Gasteiger partial charge in [-0.3, -0.25) is 0 Å². The second-order valence-corrected chi connectivity index (χ2v) is 6.83. The van der Waals surface area contributed by atoms with Crippen molar-refractivity contribution in [1.29, 1.82) is 0 Å². The summed E-state index contributed by atoms with van der Waals surface area (Å²) in [5.74, 6) is 0.